The van der Waals surface area contributed by atoms with E-state index >= 15 is 0 Å². The van der Waals surface area contributed by atoms with Crippen molar-refractivity contribution < 1.29 is 4.79 Å². The third-order valence-electron chi connectivity index (χ3n) is 2.62. The molecule has 0 atom stereocenters. The third kappa shape index (κ3) is 2.66. The highest BCUT2D eigenvalue weighted by Crippen LogP contribution is 2.07. The van der Waals surface area contributed by atoms with Gasteiger partial charge in [-0.2, -0.15) is 0 Å². The summed E-state index contributed by atoms with van der Waals surface area (Å²) < 4.78 is 1.54. The van der Waals surface area contributed by atoms with Crippen molar-refractivity contribution in [2.75, 3.05) is 5.32 Å². The summed E-state index contributed by atoms with van der Waals surface area (Å²) in [7, 11) is 0. The first kappa shape index (κ1) is 12.1. The normalized spacial score (nSPS) is 10.1. The van der Waals surface area contributed by atoms with Crippen LogP contribution in [-0.4, -0.2) is 10.5 Å². The lowest BCUT2D eigenvalue weighted by Crippen LogP contribution is -2.19. The van der Waals surface area contributed by atoms with Crippen LogP contribution in [0, 0.1) is 0 Å². The first-order valence-electron chi connectivity index (χ1n) is 5.77. The van der Waals surface area contributed by atoms with Crippen molar-refractivity contribution in [2.24, 2.45) is 0 Å². The maximum Gasteiger partial charge on any atom is 0.255 e. The van der Waals surface area contributed by atoms with Gasteiger partial charge in [-0.05, 0) is 25.1 Å². The van der Waals surface area contributed by atoms with Crippen LogP contribution >= 0.6 is 0 Å². The van der Waals surface area contributed by atoms with Gasteiger partial charge < -0.3 is 9.88 Å². The molecule has 0 unspecified atom stereocenters. The second kappa shape index (κ2) is 5.31. The lowest BCUT2D eigenvalue weighted by molar-refractivity contribution is 0.102. The molecule has 0 aliphatic carbocycles. The fourth-order valence-electron chi connectivity index (χ4n) is 1.65. The smallest absolute Gasteiger partial charge is 0.255 e. The van der Waals surface area contributed by atoms with E-state index < -0.39 is 0 Å². The Hall–Kier alpha value is -2.36. The standard InChI is InChI=1S/C14H14N2O2/c1-2-16-10-12(8-9-13(16)17)15-14(18)11-6-4-3-5-7-11/h3-10H,2H2,1H3,(H,15,18). The van der Waals surface area contributed by atoms with E-state index in [2.05, 4.69) is 5.32 Å². The van der Waals surface area contributed by atoms with E-state index in [0.29, 0.717) is 17.8 Å². The number of carbonyl (C=O) groups is 1. The first-order chi connectivity index (χ1) is 8.70. The van der Waals surface area contributed by atoms with Crippen LogP contribution in [-0.2, 0) is 6.54 Å². The molecule has 92 valence electrons. The van der Waals surface area contributed by atoms with E-state index in [-0.39, 0.29) is 11.5 Å². The summed E-state index contributed by atoms with van der Waals surface area (Å²) in [6, 6.07) is 12.0. The van der Waals surface area contributed by atoms with Gasteiger partial charge in [-0.1, -0.05) is 18.2 Å². The summed E-state index contributed by atoms with van der Waals surface area (Å²) in [5.41, 5.74) is 1.13. The molecule has 1 N–H and O–H groups in total. The molecular weight excluding hydrogens is 228 g/mol. The Balaban J connectivity index is 2.20. The van der Waals surface area contributed by atoms with Crippen molar-refractivity contribution >= 4 is 11.6 Å². The summed E-state index contributed by atoms with van der Waals surface area (Å²) >= 11 is 0. The van der Waals surface area contributed by atoms with Crippen molar-refractivity contribution in [1.82, 2.24) is 4.57 Å². The van der Waals surface area contributed by atoms with E-state index in [1.54, 1.807) is 29.0 Å². The van der Waals surface area contributed by atoms with Gasteiger partial charge in [0.25, 0.3) is 11.5 Å². The number of nitrogens with one attached hydrogen (secondary N) is 1. The maximum absolute atomic E-state index is 11.9. The van der Waals surface area contributed by atoms with Crippen LogP contribution in [0.25, 0.3) is 0 Å². The monoisotopic (exact) mass is 242 g/mol. The molecule has 0 saturated heterocycles. The second-order valence-corrected chi connectivity index (χ2v) is 3.86. The number of aromatic nitrogens is 1. The molecule has 0 spiro atoms. The van der Waals surface area contributed by atoms with Crippen molar-refractivity contribution in [2.45, 2.75) is 13.5 Å². The van der Waals surface area contributed by atoms with Gasteiger partial charge in [0.05, 0.1) is 5.69 Å². The van der Waals surface area contributed by atoms with E-state index in [1.807, 2.05) is 25.1 Å². The van der Waals surface area contributed by atoms with E-state index in [4.69, 9.17) is 0 Å². The number of anilines is 1. The Morgan fingerprint density at radius 2 is 1.89 bits per heavy atom. The van der Waals surface area contributed by atoms with Gasteiger partial charge >= 0.3 is 0 Å². The molecule has 4 heteroatoms. The SMILES string of the molecule is CCn1cc(NC(=O)c2ccccc2)ccc1=O. The van der Waals surface area contributed by atoms with Crippen LogP contribution in [0.5, 0.6) is 0 Å². The van der Waals surface area contributed by atoms with E-state index in [0.717, 1.165) is 0 Å². The molecule has 1 aromatic heterocycles. The van der Waals surface area contributed by atoms with E-state index in [9.17, 15) is 9.59 Å². The minimum atomic E-state index is -0.183. The van der Waals surface area contributed by atoms with Crippen LogP contribution in [0.1, 0.15) is 17.3 Å². The highest BCUT2D eigenvalue weighted by atomic mass is 16.1. The number of hydrogen-bond acceptors (Lipinski definition) is 2. The second-order valence-electron chi connectivity index (χ2n) is 3.86. The number of hydrogen-bond donors (Lipinski definition) is 1. The number of aryl methyl sites for hydroxylation is 1. The zero-order chi connectivity index (χ0) is 13.0. The van der Waals surface area contributed by atoms with Crippen molar-refractivity contribution in [3.05, 3.63) is 64.6 Å². The number of nitrogens with zero attached hydrogens (tertiary/aromatic N) is 1. The zero-order valence-electron chi connectivity index (χ0n) is 10.1. The molecule has 0 fully saturated rings. The Kier molecular flexibility index (Phi) is 3.57. The Morgan fingerprint density at radius 1 is 1.17 bits per heavy atom. The molecule has 1 aromatic carbocycles. The highest BCUT2D eigenvalue weighted by molar-refractivity contribution is 6.04. The fourth-order valence-corrected chi connectivity index (χ4v) is 1.65. The van der Waals surface area contributed by atoms with Gasteiger partial charge in [0.2, 0.25) is 0 Å². The molecule has 2 aromatic rings. The lowest BCUT2D eigenvalue weighted by Gasteiger charge is -2.07. The molecule has 2 rings (SSSR count). The van der Waals surface area contributed by atoms with Crippen molar-refractivity contribution in [3.63, 3.8) is 0 Å². The van der Waals surface area contributed by atoms with Gasteiger partial charge in [-0.25, -0.2) is 0 Å². The molecule has 0 saturated carbocycles. The van der Waals surface area contributed by atoms with Crippen molar-refractivity contribution in [1.29, 1.82) is 0 Å². The summed E-state index contributed by atoms with van der Waals surface area (Å²) in [5, 5.41) is 2.76. The number of pyridine rings is 1. The predicted molar refractivity (Wildman–Crippen MR) is 70.8 cm³/mol. The summed E-state index contributed by atoms with van der Waals surface area (Å²) in [4.78, 5) is 23.3. The number of amides is 1. The molecule has 4 nitrogen and oxygen atoms in total. The topological polar surface area (TPSA) is 51.1 Å². The van der Waals surface area contributed by atoms with Gasteiger partial charge in [-0.3, -0.25) is 9.59 Å². The lowest BCUT2D eigenvalue weighted by atomic mass is 10.2. The molecular formula is C14H14N2O2. The van der Waals surface area contributed by atoms with Gasteiger partial charge in [0, 0.05) is 24.4 Å². The van der Waals surface area contributed by atoms with Crippen LogP contribution in [0.2, 0.25) is 0 Å². The van der Waals surface area contributed by atoms with Gasteiger partial charge in [-0.15, -0.1) is 0 Å². The molecule has 1 heterocycles. The summed E-state index contributed by atoms with van der Waals surface area (Å²) in [5.74, 6) is -0.183. The predicted octanol–water partition coefficient (Wildman–Crippen LogP) is 2.12. The third-order valence-corrected chi connectivity index (χ3v) is 2.62. The highest BCUT2D eigenvalue weighted by Gasteiger charge is 2.05. The fraction of sp³-hybridized carbons (Fsp3) is 0.143. The molecule has 0 aliphatic heterocycles. The Bertz CT molecular complexity index is 603. The summed E-state index contributed by atoms with van der Waals surface area (Å²) in [6.07, 6.45) is 1.64. The van der Waals surface area contributed by atoms with Crippen LogP contribution < -0.4 is 10.9 Å². The van der Waals surface area contributed by atoms with Crippen LogP contribution in [0.4, 0.5) is 5.69 Å². The molecule has 0 bridgehead atoms. The number of rotatable bonds is 3. The minimum absolute atomic E-state index is 0.0739. The average Bonchev–Trinajstić information content (AvgIpc) is 2.42. The molecule has 18 heavy (non-hydrogen) atoms. The summed E-state index contributed by atoms with van der Waals surface area (Å²) in [6.45, 7) is 2.46. The molecule has 0 radical (unpaired) electrons. The molecule has 1 amide bonds. The van der Waals surface area contributed by atoms with Gasteiger partial charge in [0.1, 0.15) is 0 Å². The average molecular weight is 242 g/mol. The van der Waals surface area contributed by atoms with Gasteiger partial charge in [0.15, 0.2) is 0 Å². The Morgan fingerprint density at radius 3 is 2.56 bits per heavy atom. The van der Waals surface area contributed by atoms with Crippen molar-refractivity contribution in [3.8, 4) is 0 Å². The largest absolute Gasteiger partial charge is 0.321 e. The number of benzene rings is 1. The van der Waals surface area contributed by atoms with E-state index in [1.165, 1.54) is 6.07 Å². The molecule has 0 aliphatic rings. The number of carbonyl (C=O) groups excluding carboxylic acids is 1. The minimum Gasteiger partial charge on any atom is -0.321 e. The van der Waals surface area contributed by atoms with Crippen LogP contribution in [0.15, 0.2) is 53.5 Å². The first-order valence-corrected chi connectivity index (χ1v) is 5.77. The van der Waals surface area contributed by atoms with Crippen LogP contribution in [0.3, 0.4) is 0 Å². The zero-order valence-corrected chi connectivity index (χ0v) is 10.1. The Labute approximate surface area is 105 Å². The maximum atomic E-state index is 11.9. The quantitative estimate of drug-likeness (QED) is 0.896.